The summed E-state index contributed by atoms with van der Waals surface area (Å²) < 4.78 is 5.29. The molecule has 21 heavy (non-hydrogen) atoms. The van der Waals surface area contributed by atoms with Gasteiger partial charge in [0.05, 0.1) is 10.5 Å². The fourth-order valence-corrected chi connectivity index (χ4v) is 2.04. The molecule has 0 aliphatic rings. The van der Waals surface area contributed by atoms with Gasteiger partial charge >= 0.3 is 5.97 Å². The maximum Gasteiger partial charge on any atom is 0.321 e. The van der Waals surface area contributed by atoms with E-state index in [-0.39, 0.29) is 11.6 Å². The van der Waals surface area contributed by atoms with Crippen molar-refractivity contribution in [1.29, 1.82) is 0 Å². The number of benzene rings is 2. The first-order chi connectivity index (χ1) is 10.1. The molecule has 1 unspecified atom stereocenters. The van der Waals surface area contributed by atoms with Gasteiger partial charge in [-0.15, -0.1) is 11.6 Å². The van der Waals surface area contributed by atoms with Gasteiger partial charge in [0, 0.05) is 6.07 Å². The van der Waals surface area contributed by atoms with Crippen molar-refractivity contribution in [2.24, 2.45) is 0 Å². The summed E-state index contributed by atoms with van der Waals surface area (Å²) in [7, 11) is 0. The second-order valence-corrected chi connectivity index (χ2v) is 4.50. The number of carbonyl (C=O) groups is 1. The van der Waals surface area contributed by atoms with E-state index in [0.717, 1.165) is 0 Å². The summed E-state index contributed by atoms with van der Waals surface area (Å²) >= 11 is 5.46. The van der Waals surface area contributed by atoms with E-state index in [9.17, 15) is 14.9 Å². The molecule has 108 valence electrons. The van der Waals surface area contributed by atoms with E-state index < -0.39 is 17.0 Å². The topological polar surface area (TPSA) is 69.4 Å². The fraction of sp³-hybridized carbons (Fsp3) is 0.133. The fourth-order valence-electron chi connectivity index (χ4n) is 1.98. The SMILES string of the molecule is O=C(CCl)OC(c1ccccc1)c1ccccc1[N+](=O)[O-]. The molecule has 0 saturated heterocycles. The number of carbonyl (C=O) groups excluding carboxylic acids is 1. The van der Waals surface area contributed by atoms with Crippen molar-refractivity contribution in [3.63, 3.8) is 0 Å². The lowest BCUT2D eigenvalue weighted by Crippen LogP contribution is -2.14. The highest BCUT2D eigenvalue weighted by molar-refractivity contribution is 6.26. The third-order valence-corrected chi connectivity index (χ3v) is 3.09. The van der Waals surface area contributed by atoms with Crippen LogP contribution in [0.1, 0.15) is 17.2 Å². The first kappa shape index (κ1) is 15.0. The van der Waals surface area contributed by atoms with Gasteiger partial charge in [-0.05, 0) is 11.6 Å². The second-order valence-electron chi connectivity index (χ2n) is 4.23. The molecule has 0 aromatic heterocycles. The summed E-state index contributed by atoms with van der Waals surface area (Å²) in [6, 6.07) is 15.0. The summed E-state index contributed by atoms with van der Waals surface area (Å²) in [5.41, 5.74) is 0.853. The van der Waals surface area contributed by atoms with Gasteiger partial charge in [-0.3, -0.25) is 14.9 Å². The van der Waals surface area contributed by atoms with Crippen molar-refractivity contribution in [3.8, 4) is 0 Å². The summed E-state index contributed by atoms with van der Waals surface area (Å²) in [6.45, 7) is 0. The average molecular weight is 306 g/mol. The van der Waals surface area contributed by atoms with Gasteiger partial charge in [-0.2, -0.15) is 0 Å². The Morgan fingerprint density at radius 3 is 2.38 bits per heavy atom. The van der Waals surface area contributed by atoms with Crippen LogP contribution in [0.2, 0.25) is 0 Å². The predicted molar refractivity (Wildman–Crippen MR) is 78.2 cm³/mol. The zero-order valence-corrected chi connectivity index (χ0v) is 11.7. The Hall–Kier alpha value is -2.40. The lowest BCUT2D eigenvalue weighted by atomic mass is 10.00. The Morgan fingerprint density at radius 2 is 1.76 bits per heavy atom. The predicted octanol–water partition coefficient (Wildman–Crippen LogP) is 3.47. The highest BCUT2D eigenvalue weighted by Crippen LogP contribution is 2.32. The smallest absolute Gasteiger partial charge is 0.321 e. The molecule has 6 heteroatoms. The van der Waals surface area contributed by atoms with E-state index in [1.807, 2.05) is 6.07 Å². The van der Waals surface area contributed by atoms with Gasteiger partial charge in [-0.25, -0.2) is 0 Å². The Bertz CT molecular complexity index is 645. The van der Waals surface area contributed by atoms with Gasteiger partial charge in [0.1, 0.15) is 5.88 Å². The Labute approximate surface area is 126 Å². The van der Waals surface area contributed by atoms with E-state index >= 15 is 0 Å². The lowest BCUT2D eigenvalue weighted by Gasteiger charge is -2.18. The molecule has 0 N–H and O–H groups in total. The van der Waals surface area contributed by atoms with Gasteiger partial charge in [0.25, 0.3) is 5.69 Å². The molecule has 0 fully saturated rings. The van der Waals surface area contributed by atoms with Crippen molar-refractivity contribution in [3.05, 3.63) is 75.8 Å². The maximum atomic E-state index is 11.5. The van der Waals surface area contributed by atoms with Crippen molar-refractivity contribution >= 4 is 23.3 Å². The Kier molecular flexibility index (Phi) is 4.90. The summed E-state index contributed by atoms with van der Waals surface area (Å²) in [5, 5.41) is 11.2. The minimum atomic E-state index is -0.862. The molecule has 2 aromatic rings. The van der Waals surface area contributed by atoms with Gasteiger partial charge in [-0.1, -0.05) is 42.5 Å². The van der Waals surface area contributed by atoms with Crippen molar-refractivity contribution < 1.29 is 14.5 Å². The molecule has 0 spiro atoms. The minimum absolute atomic E-state index is 0.103. The first-order valence-corrected chi connectivity index (χ1v) is 6.70. The Balaban J connectivity index is 2.50. The molecule has 0 aliphatic carbocycles. The van der Waals surface area contributed by atoms with E-state index in [1.54, 1.807) is 42.5 Å². The minimum Gasteiger partial charge on any atom is -0.451 e. The monoisotopic (exact) mass is 305 g/mol. The van der Waals surface area contributed by atoms with Crippen molar-refractivity contribution in [2.45, 2.75) is 6.10 Å². The number of nitrogens with zero attached hydrogens (tertiary/aromatic N) is 1. The van der Waals surface area contributed by atoms with E-state index in [4.69, 9.17) is 16.3 Å². The zero-order chi connectivity index (χ0) is 15.2. The van der Waals surface area contributed by atoms with Crippen molar-refractivity contribution in [2.75, 3.05) is 5.88 Å². The average Bonchev–Trinajstić information content (AvgIpc) is 2.53. The van der Waals surface area contributed by atoms with Crippen LogP contribution in [0.25, 0.3) is 0 Å². The molecular formula is C15H12ClNO4. The highest BCUT2D eigenvalue weighted by atomic mass is 35.5. The molecular weight excluding hydrogens is 294 g/mol. The number of nitro groups is 1. The molecule has 0 saturated carbocycles. The van der Waals surface area contributed by atoms with E-state index in [1.165, 1.54) is 6.07 Å². The largest absolute Gasteiger partial charge is 0.451 e. The normalized spacial score (nSPS) is 11.7. The van der Waals surface area contributed by atoms with Gasteiger partial charge < -0.3 is 4.74 Å². The second kappa shape index (κ2) is 6.85. The number of ether oxygens (including phenoxy) is 1. The van der Waals surface area contributed by atoms with Crippen LogP contribution in [0, 0.1) is 10.1 Å². The standard InChI is InChI=1S/C15H12ClNO4/c16-10-14(18)21-15(11-6-2-1-3-7-11)12-8-4-5-9-13(12)17(19)20/h1-9,15H,10H2. The zero-order valence-electron chi connectivity index (χ0n) is 10.9. The number of hydrogen-bond acceptors (Lipinski definition) is 4. The van der Waals surface area contributed by atoms with Gasteiger partial charge in [0.2, 0.25) is 0 Å². The maximum absolute atomic E-state index is 11.5. The van der Waals surface area contributed by atoms with E-state index in [0.29, 0.717) is 11.1 Å². The van der Waals surface area contributed by atoms with Crippen LogP contribution in [-0.2, 0) is 9.53 Å². The third kappa shape index (κ3) is 3.58. The summed E-state index contributed by atoms with van der Waals surface area (Å²) in [4.78, 5) is 22.2. The summed E-state index contributed by atoms with van der Waals surface area (Å²) in [5.74, 6) is -0.951. The van der Waals surface area contributed by atoms with Crippen LogP contribution < -0.4 is 0 Å². The number of esters is 1. The number of nitro benzene ring substituents is 1. The molecule has 5 nitrogen and oxygen atoms in total. The molecule has 0 aliphatic heterocycles. The van der Waals surface area contributed by atoms with Crippen LogP contribution in [0.5, 0.6) is 0 Å². The lowest BCUT2D eigenvalue weighted by molar-refractivity contribution is -0.386. The number of halogens is 1. The van der Waals surface area contributed by atoms with Crippen LogP contribution in [0.3, 0.4) is 0 Å². The molecule has 0 radical (unpaired) electrons. The molecule has 2 rings (SSSR count). The quantitative estimate of drug-likeness (QED) is 0.367. The molecule has 0 amide bonds. The first-order valence-electron chi connectivity index (χ1n) is 6.17. The third-order valence-electron chi connectivity index (χ3n) is 2.88. The van der Waals surface area contributed by atoms with Gasteiger partial charge in [0.15, 0.2) is 6.10 Å². The molecule has 0 heterocycles. The highest BCUT2D eigenvalue weighted by Gasteiger charge is 2.26. The molecule has 2 aromatic carbocycles. The molecule has 1 atom stereocenters. The Morgan fingerprint density at radius 1 is 1.14 bits per heavy atom. The van der Waals surface area contributed by atoms with Crippen LogP contribution >= 0.6 is 11.6 Å². The number of para-hydroxylation sites is 1. The number of alkyl halides is 1. The van der Waals surface area contributed by atoms with Crippen LogP contribution in [0.15, 0.2) is 54.6 Å². The number of hydrogen-bond donors (Lipinski definition) is 0. The molecule has 0 bridgehead atoms. The van der Waals surface area contributed by atoms with Crippen LogP contribution in [0.4, 0.5) is 5.69 Å². The summed E-state index contributed by atoms with van der Waals surface area (Å²) in [6.07, 6.45) is -0.862. The number of rotatable bonds is 5. The van der Waals surface area contributed by atoms with E-state index in [2.05, 4.69) is 0 Å². The van der Waals surface area contributed by atoms with Crippen LogP contribution in [-0.4, -0.2) is 16.8 Å². The van der Waals surface area contributed by atoms with Crippen molar-refractivity contribution in [1.82, 2.24) is 0 Å².